The highest BCUT2D eigenvalue weighted by Crippen LogP contribution is 2.35. The van der Waals surface area contributed by atoms with Gasteiger partial charge < -0.3 is 14.8 Å². The van der Waals surface area contributed by atoms with Gasteiger partial charge in [0.1, 0.15) is 18.2 Å². The Kier molecular flexibility index (Phi) is 8.61. The first-order valence-electron chi connectivity index (χ1n) is 9.73. The molecule has 0 aliphatic heterocycles. The average molecular weight is 634 g/mol. The molecule has 0 heterocycles. The van der Waals surface area contributed by atoms with Crippen LogP contribution in [0.15, 0.2) is 70.7 Å². The number of nitro groups is 1. The molecule has 1 N–H and O–H groups in total. The maximum absolute atomic E-state index is 12.6. The number of methoxy groups -OCH3 is 1. The van der Waals surface area contributed by atoms with E-state index in [4.69, 9.17) is 9.47 Å². The molecule has 0 saturated carbocycles. The summed E-state index contributed by atoms with van der Waals surface area (Å²) >= 11 is 5.50. The lowest BCUT2D eigenvalue weighted by atomic mass is 10.1. The van der Waals surface area contributed by atoms with E-state index in [1.807, 2.05) is 30.3 Å². The summed E-state index contributed by atoms with van der Waals surface area (Å²) in [5, 5.41) is 23.0. The van der Waals surface area contributed by atoms with E-state index >= 15 is 0 Å². The summed E-state index contributed by atoms with van der Waals surface area (Å²) in [4.78, 5) is 23.0. The van der Waals surface area contributed by atoms with Crippen molar-refractivity contribution < 1.29 is 19.2 Å². The number of nitro benzene ring substituents is 1. The summed E-state index contributed by atoms with van der Waals surface area (Å²) in [6, 6.07) is 18.5. The quantitative estimate of drug-likeness (QED) is 0.105. The van der Waals surface area contributed by atoms with Gasteiger partial charge in [-0.05, 0) is 70.1 Å². The molecule has 0 unspecified atom stereocenters. The van der Waals surface area contributed by atoms with E-state index in [1.54, 1.807) is 12.1 Å². The van der Waals surface area contributed by atoms with Gasteiger partial charge >= 0.3 is 0 Å². The number of nitrogens with zero attached hydrogens (tertiary/aromatic N) is 2. The molecule has 0 fully saturated rings. The molecular weight excluding hydrogens is 617 g/mol. The number of halogens is 2. The fraction of sp³-hybridized carbons (Fsp3) is 0.0833. The maximum atomic E-state index is 12.6. The maximum Gasteiger partial charge on any atom is 0.271 e. The first-order chi connectivity index (χ1) is 16.3. The van der Waals surface area contributed by atoms with Crippen LogP contribution in [0.25, 0.3) is 6.08 Å². The largest absolute Gasteiger partial charge is 0.493 e. The van der Waals surface area contributed by atoms with Gasteiger partial charge in [-0.25, -0.2) is 0 Å². The first kappa shape index (κ1) is 25.2. The number of nitrogens with one attached hydrogen (secondary N) is 1. The van der Waals surface area contributed by atoms with Crippen LogP contribution in [0.3, 0.4) is 0 Å². The number of rotatable bonds is 8. The van der Waals surface area contributed by atoms with E-state index < -0.39 is 10.8 Å². The van der Waals surface area contributed by atoms with Gasteiger partial charge in [-0.3, -0.25) is 14.9 Å². The van der Waals surface area contributed by atoms with Crippen molar-refractivity contribution in [3.8, 4) is 17.6 Å². The number of hydrogen-bond donors (Lipinski definition) is 1. The summed E-state index contributed by atoms with van der Waals surface area (Å²) in [6.45, 7) is 0.337. The third-order valence-electron chi connectivity index (χ3n) is 4.54. The number of carbonyl (C=O) groups is 1. The first-order valence-corrected chi connectivity index (χ1v) is 11.6. The van der Waals surface area contributed by atoms with Crippen molar-refractivity contribution in [1.29, 1.82) is 5.26 Å². The number of nitriles is 1. The van der Waals surface area contributed by atoms with E-state index in [2.05, 4.69) is 43.8 Å². The predicted octanol–water partition coefficient (Wildman–Crippen LogP) is 6.10. The minimum Gasteiger partial charge on any atom is -0.493 e. The molecule has 0 aliphatic carbocycles. The summed E-state index contributed by atoms with van der Waals surface area (Å²) in [5.74, 6) is 0.307. The van der Waals surface area contributed by atoms with Crippen molar-refractivity contribution in [1.82, 2.24) is 0 Å². The minimum atomic E-state index is -0.687. The van der Waals surface area contributed by atoms with Crippen molar-refractivity contribution in [2.75, 3.05) is 12.4 Å². The standard InChI is InChI=1S/C24H17BrIN3O5/c1-33-22-11-16(10-21(26)23(22)34-14-15-5-7-18(25)8-6-15)9-17(13-27)24(30)28-19-3-2-4-20(12-19)29(31)32/h2-12H,14H2,1H3,(H,28,30)/b17-9-. The topological polar surface area (TPSA) is 114 Å². The molecule has 0 radical (unpaired) electrons. The molecule has 0 aliphatic rings. The fourth-order valence-corrected chi connectivity index (χ4v) is 3.96. The zero-order valence-corrected chi connectivity index (χ0v) is 21.5. The molecule has 0 atom stereocenters. The number of anilines is 1. The number of carbonyl (C=O) groups excluding carboxylic acids is 1. The zero-order chi connectivity index (χ0) is 24.7. The van der Waals surface area contributed by atoms with Crippen LogP contribution >= 0.6 is 38.5 Å². The number of benzene rings is 3. The third-order valence-corrected chi connectivity index (χ3v) is 5.87. The van der Waals surface area contributed by atoms with Crippen LogP contribution < -0.4 is 14.8 Å². The van der Waals surface area contributed by atoms with Crippen LogP contribution in [0.2, 0.25) is 0 Å². The zero-order valence-electron chi connectivity index (χ0n) is 17.7. The summed E-state index contributed by atoms with van der Waals surface area (Å²) in [5.41, 5.74) is 1.41. The predicted molar refractivity (Wildman–Crippen MR) is 140 cm³/mol. The molecule has 3 aromatic carbocycles. The van der Waals surface area contributed by atoms with Gasteiger partial charge in [-0.2, -0.15) is 5.26 Å². The third kappa shape index (κ3) is 6.55. The Hall–Kier alpha value is -3.43. The Labute approximate surface area is 217 Å². The number of hydrogen-bond acceptors (Lipinski definition) is 6. The molecule has 10 heteroatoms. The molecule has 0 spiro atoms. The second-order valence-electron chi connectivity index (χ2n) is 6.88. The molecule has 1 amide bonds. The van der Waals surface area contributed by atoms with Crippen LogP contribution in [-0.4, -0.2) is 17.9 Å². The van der Waals surface area contributed by atoms with Gasteiger partial charge in [-0.15, -0.1) is 0 Å². The summed E-state index contributed by atoms with van der Waals surface area (Å²) < 4.78 is 13.1. The molecule has 3 aromatic rings. The molecule has 172 valence electrons. The van der Waals surface area contributed by atoms with Gasteiger partial charge in [0, 0.05) is 22.3 Å². The van der Waals surface area contributed by atoms with E-state index in [1.165, 1.54) is 37.5 Å². The Morgan fingerprint density at radius 1 is 1.24 bits per heavy atom. The summed E-state index contributed by atoms with van der Waals surface area (Å²) in [6.07, 6.45) is 1.41. The van der Waals surface area contributed by atoms with Crippen LogP contribution in [0.1, 0.15) is 11.1 Å². The van der Waals surface area contributed by atoms with Gasteiger partial charge in [0.2, 0.25) is 0 Å². The van der Waals surface area contributed by atoms with E-state index in [9.17, 15) is 20.2 Å². The lowest BCUT2D eigenvalue weighted by Crippen LogP contribution is -2.13. The number of amides is 1. The molecule has 8 nitrogen and oxygen atoms in total. The van der Waals surface area contributed by atoms with Crippen molar-refractivity contribution in [3.05, 3.63) is 95.5 Å². The molecule has 34 heavy (non-hydrogen) atoms. The smallest absolute Gasteiger partial charge is 0.271 e. The highest BCUT2D eigenvalue weighted by molar-refractivity contribution is 14.1. The molecule has 0 aromatic heterocycles. The van der Waals surface area contributed by atoms with E-state index in [0.717, 1.165) is 13.6 Å². The number of non-ortho nitro benzene ring substituents is 1. The Bertz CT molecular complexity index is 1300. The fourth-order valence-electron chi connectivity index (χ4n) is 2.91. The normalized spacial score (nSPS) is 10.8. The van der Waals surface area contributed by atoms with Crippen molar-refractivity contribution in [2.45, 2.75) is 6.61 Å². The van der Waals surface area contributed by atoms with Crippen molar-refractivity contribution in [2.24, 2.45) is 0 Å². The number of ether oxygens (including phenoxy) is 2. The van der Waals surface area contributed by atoms with Gasteiger partial charge in [0.25, 0.3) is 11.6 Å². The van der Waals surface area contributed by atoms with E-state index in [0.29, 0.717) is 23.7 Å². The van der Waals surface area contributed by atoms with Crippen LogP contribution in [0.4, 0.5) is 11.4 Å². The van der Waals surface area contributed by atoms with Crippen LogP contribution in [0, 0.1) is 25.0 Å². The Morgan fingerprint density at radius 2 is 1.97 bits per heavy atom. The second kappa shape index (κ2) is 11.6. The van der Waals surface area contributed by atoms with Crippen molar-refractivity contribution >= 4 is 61.9 Å². The van der Waals surface area contributed by atoms with E-state index in [-0.39, 0.29) is 16.9 Å². The van der Waals surface area contributed by atoms with Crippen LogP contribution in [0.5, 0.6) is 11.5 Å². The molecule has 0 saturated heterocycles. The van der Waals surface area contributed by atoms with Crippen LogP contribution in [-0.2, 0) is 11.4 Å². The van der Waals surface area contributed by atoms with Gasteiger partial charge in [0.15, 0.2) is 11.5 Å². The summed E-state index contributed by atoms with van der Waals surface area (Å²) in [7, 11) is 1.51. The highest BCUT2D eigenvalue weighted by atomic mass is 127. The average Bonchev–Trinajstić information content (AvgIpc) is 2.82. The van der Waals surface area contributed by atoms with Gasteiger partial charge in [0.05, 0.1) is 15.6 Å². The Balaban J connectivity index is 1.81. The highest BCUT2D eigenvalue weighted by Gasteiger charge is 2.15. The SMILES string of the molecule is COc1cc(/C=C(/C#N)C(=O)Nc2cccc([N+](=O)[O-])c2)cc(I)c1OCc1ccc(Br)cc1. The lowest BCUT2D eigenvalue weighted by molar-refractivity contribution is -0.384. The van der Waals surface area contributed by atoms with Gasteiger partial charge in [-0.1, -0.05) is 34.1 Å². The Morgan fingerprint density at radius 3 is 2.62 bits per heavy atom. The monoisotopic (exact) mass is 633 g/mol. The van der Waals surface area contributed by atoms with Crippen molar-refractivity contribution in [3.63, 3.8) is 0 Å². The molecule has 3 rings (SSSR count). The second-order valence-corrected chi connectivity index (χ2v) is 8.96. The molecule has 0 bridgehead atoms. The lowest BCUT2D eigenvalue weighted by Gasteiger charge is -2.14. The molecular formula is C24H17BrIN3O5. The minimum absolute atomic E-state index is 0.168.